The predicted octanol–water partition coefficient (Wildman–Crippen LogP) is 2.92. The zero-order valence-electron chi connectivity index (χ0n) is 8.91. The van der Waals surface area contributed by atoms with Gasteiger partial charge in [-0.3, -0.25) is 9.79 Å². The summed E-state index contributed by atoms with van der Waals surface area (Å²) in [5.74, 6) is -0.0323. The van der Waals surface area contributed by atoms with Gasteiger partial charge in [-0.25, -0.2) is 4.57 Å². The van der Waals surface area contributed by atoms with E-state index in [1.807, 2.05) is 30.3 Å². The number of rotatable bonds is 3. The molecule has 0 unspecified atom stereocenters. The molecule has 2 aromatic rings. The van der Waals surface area contributed by atoms with Gasteiger partial charge in [0.05, 0.1) is 0 Å². The van der Waals surface area contributed by atoms with Crippen LogP contribution < -0.4 is 0 Å². The summed E-state index contributed by atoms with van der Waals surface area (Å²) >= 11 is 0. The first-order chi connectivity index (χ1) is 7.97. The van der Waals surface area contributed by atoms with Gasteiger partial charge in [0, 0.05) is 5.56 Å². The van der Waals surface area contributed by atoms with Crippen LogP contribution >= 0.6 is 7.82 Å². The van der Waals surface area contributed by atoms with Crippen molar-refractivity contribution in [2.75, 3.05) is 0 Å². The summed E-state index contributed by atoms with van der Waals surface area (Å²) in [5.41, 5.74) is 0.575. The van der Waals surface area contributed by atoms with Crippen molar-refractivity contribution in [2.24, 2.45) is 0 Å². The number of hydrogen-bond acceptors (Lipinski definition) is 2. The fraction of sp³-hybridized carbons (Fsp3) is 0. The van der Waals surface area contributed by atoms with Crippen LogP contribution in [0.2, 0.25) is 0 Å². The number of benzene rings is 2. The summed E-state index contributed by atoms with van der Waals surface area (Å²) in [4.78, 5) is 17.5. The van der Waals surface area contributed by atoms with Crippen molar-refractivity contribution >= 4 is 24.4 Å². The number of phosphoric ester groups is 1. The van der Waals surface area contributed by atoms with E-state index in [-0.39, 0.29) is 5.76 Å². The SMILES string of the molecule is C=C(OP(=O)(O)O)c1cccc2ccccc12. The van der Waals surface area contributed by atoms with Gasteiger partial charge in [-0.05, 0) is 10.8 Å². The van der Waals surface area contributed by atoms with E-state index in [1.54, 1.807) is 12.1 Å². The monoisotopic (exact) mass is 250 g/mol. The molecule has 0 saturated heterocycles. The van der Waals surface area contributed by atoms with Crippen molar-refractivity contribution in [3.8, 4) is 0 Å². The van der Waals surface area contributed by atoms with Gasteiger partial charge in [-0.1, -0.05) is 49.0 Å². The molecule has 17 heavy (non-hydrogen) atoms. The van der Waals surface area contributed by atoms with E-state index in [0.717, 1.165) is 10.8 Å². The van der Waals surface area contributed by atoms with Gasteiger partial charge in [-0.2, -0.15) is 0 Å². The quantitative estimate of drug-likeness (QED) is 0.649. The van der Waals surface area contributed by atoms with E-state index in [1.165, 1.54) is 0 Å². The van der Waals surface area contributed by atoms with Crippen LogP contribution in [0.5, 0.6) is 0 Å². The van der Waals surface area contributed by atoms with Gasteiger partial charge in [0.2, 0.25) is 0 Å². The third-order valence-electron chi connectivity index (χ3n) is 2.32. The van der Waals surface area contributed by atoms with Crippen molar-refractivity contribution in [1.29, 1.82) is 0 Å². The summed E-state index contributed by atoms with van der Waals surface area (Å²) in [6.07, 6.45) is 0. The molecule has 0 fully saturated rings. The van der Waals surface area contributed by atoms with Gasteiger partial charge >= 0.3 is 7.82 Å². The molecule has 2 aromatic carbocycles. The Labute approximate surface area is 98.4 Å². The maximum absolute atomic E-state index is 10.8. The van der Waals surface area contributed by atoms with Gasteiger partial charge in [-0.15, -0.1) is 0 Å². The van der Waals surface area contributed by atoms with E-state index in [2.05, 4.69) is 11.1 Å². The van der Waals surface area contributed by atoms with Crippen LogP contribution in [0.1, 0.15) is 5.56 Å². The Balaban J connectivity index is 2.49. The Morgan fingerprint density at radius 1 is 1.12 bits per heavy atom. The normalized spacial score (nSPS) is 11.4. The second-order valence-electron chi connectivity index (χ2n) is 3.53. The molecule has 0 aliphatic heterocycles. The molecule has 0 aromatic heterocycles. The third-order valence-corrected chi connectivity index (χ3v) is 2.78. The fourth-order valence-electron chi connectivity index (χ4n) is 1.66. The molecule has 4 nitrogen and oxygen atoms in total. The van der Waals surface area contributed by atoms with Crippen molar-refractivity contribution in [2.45, 2.75) is 0 Å². The molecule has 0 radical (unpaired) electrons. The highest BCUT2D eigenvalue weighted by Gasteiger charge is 2.18. The molecule has 2 rings (SSSR count). The first-order valence-electron chi connectivity index (χ1n) is 4.89. The van der Waals surface area contributed by atoms with Crippen LogP contribution in [0.4, 0.5) is 0 Å². The van der Waals surface area contributed by atoms with Crippen LogP contribution in [-0.4, -0.2) is 9.79 Å². The molecule has 0 aliphatic carbocycles. The third kappa shape index (κ3) is 2.74. The van der Waals surface area contributed by atoms with Crippen molar-refractivity contribution in [1.82, 2.24) is 0 Å². The van der Waals surface area contributed by atoms with Gasteiger partial charge in [0.1, 0.15) is 5.76 Å². The molecule has 0 heterocycles. The van der Waals surface area contributed by atoms with Gasteiger partial charge < -0.3 is 4.52 Å². The van der Waals surface area contributed by atoms with E-state index in [0.29, 0.717) is 5.56 Å². The Morgan fingerprint density at radius 3 is 2.47 bits per heavy atom. The molecule has 88 valence electrons. The lowest BCUT2D eigenvalue weighted by atomic mass is 10.0. The van der Waals surface area contributed by atoms with Crippen molar-refractivity contribution in [3.05, 3.63) is 54.6 Å². The van der Waals surface area contributed by atoms with Crippen LogP contribution in [0.3, 0.4) is 0 Å². The molecule has 0 bridgehead atoms. The van der Waals surface area contributed by atoms with Crippen LogP contribution in [-0.2, 0) is 9.09 Å². The molecule has 0 atom stereocenters. The van der Waals surface area contributed by atoms with Crippen LogP contribution in [0.25, 0.3) is 16.5 Å². The number of phosphoric acid groups is 1. The Morgan fingerprint density at radius 2 is 1.76 bits per heavy atom. The smallest absolute Gasteiger partial charge is 0.404 e. The Bertz CT molecular complexity index is 609. The zero-order chi connectivity index (χ0) is 12.5. The topological polar surface area (TPSA) is 66.8 Å². The fourth-order valence-corrected chi connectivity index (χ4v) is 2.05. The minimum absolute atomic E-state index is 0.0323. The molecule has 0 saturated carbocycles. The van der Waals surface area contributed by atoms with Crippen LogP contribution in [0, 0.1) is 0 Å². The minimum atomic E-state index is -4.56. The second kappa shape index (κ2) is 4.34. The zero-order valence-corrected chi connectivity index (χ0v) is 9.80. The summed E-state index contributed by atoms with van der Waals surface area (Å²) in [6, 6.07) is 12.9. The highest BCUT2D eigenvalue weighted by atomic mass is 31.2. The standard InChI is InChI=1S/C12H11O4P/c1-9(16-17(13,14)15)11-8-4-6-10-5-2-3-7-12(10)11/h2-8H,1H2,(H2,13,14,15). The predicted molar refractivity (Wildman–Crippen MR) is 66.1 cm³/mol. The summed E-state index contributed by atoms with van der Waals surface area (Å²) in [5, 5.41) is 1.80. The molecular weight excluding hydrogens is 239 g/mol. The lowest BCUT2D eigenvalue weighted by Crippen LogP contribution is -1.90. The molecule has 0 aliphatic rings. The largest absolute Gasteiger partial charge is 0.524 e. The lowest BCUT2D eigenvalue weighted by molar-refractivity contribution is 0.270. The average molecular weight is 250 g/mol. The van der Waals surface area contributed by atoms with Crippen LogP contribution in [0.15, 0.2) is 49.0 Å². The Hall–Kier alpha value is -1.61. The summed E-state index contributed by atoms with van der Waals surface area (Å²) in [6.45, 7) is 3.55. The van der Waals surface area contributed by atoms with Gasteiger partial charge in [0.25, 0.3) is 0 Å². The molecule has 0 spiro atoms. The molecule has 2 N–H and O–H groups in total. The van der Waals surface area contributed by atoms with Crippen molar-refractivity contribution < 1.29 is 18.9 Å². The van der Waals surface area contributed by atoms with E-state index >= 15 is 0 Å². The first-order valence-corrected chi connectivity index (χ1v) is 6.42. The minimum Gasteiger partial charge on any atom is -0.404 e. The van der Waals surface area contributed by atoms with E-state index in [4.69, 9.17) is 9.79 Å². The van der Waals surface area contributed by atoms with E-state index < -0.39 is 7.82 Å². The maximum Gasteiger partial charge on any atom is 0.524 e. The Kier molecular flexibility index (Phi) is 3.03. The number of fused-ring (bicyclic) bond motifs is 1. The molecular formula is C12H11O4P. The summed E-state index contributed by atoms with van der Waals surface area (Å²) in [7, 11) is -4.56. The first kappa shape index (κ1) is 11.9. The second-order valence-corrected chi connectivity index (χ2v) is 4.70. The highest BCUT2D eigenvalue weighted by molar-refractivity contribution is 7.46. The highest BCUT2D eigenvalue weighted by Crippen LogP contribution is 2.42. The average Bonchev–Trinajstić information content (AvgIpc) is 2.26. The lowest BCUT2D eigenvalue weighted by Gasteiger charge is -2.11. The molecule has 0 amide bonds. The van der Waals surface area contributed by atoms with E-state index in [9.17, 15) is 4.57 Å². The number of hydrogen-bond donors (Lipinski definition) is 2. The molecule has 5 heteroatoms. The summed E-state index contributed by atoms with van der Waals surface area (Å²) < 4.78 is 15.3. The van der Waals surface area contributed by atoms with Crippen molar-refractivity contribution in [3.63, 3.8) is 0 Å². The van der Waals surface area contributed by atoms with Gasteiger partial charge in [0.15, 0.2) is 0 Å². The maximum atomic E-state index is 10.8.